The number of hydrogen-bond acceptors (Lipinski definition) is 0. The molecule has 1 saturated heterocycles. The first-order chi connectivity index (χ1) is 4.61. The summed E-state index contributed by atoms with van der Waals surface area (Å²) in [7, 11) is 0. The summed E-state index contributed by atoms with van der Waals surface area (Å²) in [4.78, 5) is 0. The minimum atomic E-state index is 0.403. The molecule has 0 aromatic rings. The lowest BCUT2D eigenvalue weighted by Crippen LogP contribution is -2.38. The van der Waals surface area contributed by atoms with Crippen LogP contribution in [0.2, 0.25) is 0 Å². The number of nitrogens with zero attached hydrogens (tertiary/aromatic N) is 1. The molecule has 0 bridgehead atoms. The molecule has 0 N–H and O–H groups in total. The van der Waals surface area contributed by atoms with Gasteiger partial charge >= 0.3 is 0 Å². The van der Waals surface area contributed by atoms with E-state index in [1.54, 1.807) is 0 Å². The van der Waals surface area contributed by atoms with E-state index >= 15 is 0 Å². The van der Waals surface area contributed by atoms with Gasteiger partial charge in [0.25, 0.3) is 0 Å². The molecule has 0 aromatic heterocycles. The Morgan fingerprint density at radius 2 is 1.90 bits per heavy atom. The first-order valence-electron chi connectivity index (χ1n) is 4.27. The predicted octanol–water partition coefficient (Wildman–Crippen LogP) is 2.19. The topological polar surface area (TPSA) is 14.1 Å². The SMILES string of the molecule is CC(C)(C)C1CCCC[N]1. The zero-order chi connectivity index (χ0) is 7.61. The van der Waals surface area contributed by atoms with Crippen LogP contribution >= 0.6 is 0 Å². The summed E-state index contributed by atoms with van der Waals surface area (Å²) in [5.74, 6) is 0. The summed E-state index contributed by atoms with van der Waals surface area (Å²) >= 11 is 0. The van der Waals surface area contributed by atoms with Gasteiger partial charge in [0.2, 0.25) is 0 Å². The Bertz CT molecular complexity index is 95.8. The first kappa shape index (κ1) is 8.06. The molecule has 1 aliphatic rings. The second kappa shape index (κ2) is 2.91. The maximum Gasteiger partial charge on any atom is 0.0294 e. The largest absolute Gasteiger partial charge is 0.238 e. The summed E-state index contributed by atoms with van der Waals surface area (Å²) < 4.78 is 0. The van der Waals surface area contributed by atoms with Crippen LogP contribution in [-0.2, 0) is 0 Å². The van der Waals surface area contributed by atoms with Gasteiger partial charge in [-0.2, -0.15) is 0 Å². The van der Waals surface area contributed by atoms with Gasteiger partial charge in [0, 0.05) is 12.6 Å². The molecule has 0 amide bonds. The molecule has 59 valence electrons. The summed E-state index contributed by atoms with van der Waals surface area (Å²) in [6.45, 7) is 7.95. The molecule has 1 rings (SSSR count). The van der Waals surface area contributed by atoms with E-state index in [4.69, 9.17) is 0 Å². The van der Waals surface area contributed by atoms with Crippen molar-refractivity contribution in [1.82, 2.24) is 5.32 Å². The smallest absolute Gasteiger partial charge is 0.0294 e. The lowest BCUT2D eigenvalue weighted by molar-refractivity contribution is 0.221. The van der Waals surface area contributed by atoms with Crippen molar-refractivity contribution in [3.8, 4) is 0 Å². The first-order valence-corrected chi connectivity index (χ1v) is 4.27. The fourth-order valence-corrected chi connectivity index (χ4v) is 1.49. The zero-order valence-electron chi connectivity index (χ0n) is 7.35. The fraction of sp³-hybridized carbons (Fsp3) is 1.00. The van der Waals surface area contributed by atoms with Gasteiger partial charge in [-0.25, -0.2) is 5.32 Å². The van der Waals surface area contributed by atoms with Gasteiger partial charge < -0.3 is 0 Å². The van der Waals surface area contributed by atoms with Crippen LogP contribution < -0.4 is 5.32 Å². The Morgan fingerprint density at radius 1 is 1.20 bits per heavy atom. The summed E-state index contributed by atoms with van der Waals surface area (Å²) in [6.07, 6.45) is 4.00. The molecule has 1 nitrogen and oxygen atoms in total. The molecule has 1 heterocycles. The Morgan fingerprint density at radius 3 is 2.20 bits per heavy atom. The maximum atomic E-state index is 4.60. The van der Waals surface area contributed by atoms with Gasteiger partial charge in [0.15, 0.2) is 0 Å². The lowest BCUT2D eigenvalue weighted by Gasteiger charge is -2.33. The Hall–Kier alpha value is -0.0400. The predicted molar refractivity (Wildman–Crippen MR) is 44.1 cm³/mol. The molecule has 10 heavy (non-hydrogen) atoms. The molecule has 0 spiro atoms. The molecule has 0 aromatic carbocycles. The highest BCUT2D eigenvalue weighted by molar-refractivity contribution is 4.82. The molecule has 0 saturated carbocycles. The second-order valence-corrected chi connectivity index (χ2v) is 4.28. The molecular weight excluding hydrogens is 122 g/mol. The van der Waals surface area contributed by atoms with E-state index in [1.165, 1.54) is 19.3 Å². The van der Waals surface area contributed by atoms with Gasteiger partial charge in [0.1, 0.15) is 0 Å². The third kappa shape index (κ3) is 1.98. The average Bonchev–Trinajstić information content (AvgIpc) is 1.88. The van der Waals surface area contributed by atoms with Crippen LogP contribution in [0.5, 0.6) is 0 Å². The molecule has 1 aliphatic heterocycles. The molecule has 1 heteroatoms. The van der Waals surface area contributed by atoms with Gasteiger partial charge in [-0.1, -0.05) is 27.2 Å². The van der Waals surface area contributed by atoms with E-state index in [0.717, 1.165) is 6.54 Å². The van der Waals surface area contributed by atoms with Crippen molar-refractivity contribution in [3.05, 3.63) is 0 Å². The van der Waals surface area contributed by atoms with E-state index in [-0.39, 0.29) is 0 Å². The van der Waals surface area contributed by atoms with Crippen LogP contribution in [0.15, 0.2) is 0 Å². The van der Waals surface area contributed by atoms with Crippen molar-refractivity contribution in [1.29, 1.82) is 0 Å². The van der Waals surface area contributed by atoms with Crippen LogP contribution in [0.1, 0.15) is 40.0 Å². The van der Waals surface area contributed by atoms with Crippen molar-refractivity contribution in [2.75, 3.05) is 6.54 Å². The number of hydrogen-bond donors (Lipinski definition) is 0. The van der Waals surface area contributed by atoms with Crippen LogP contribution in [0.4, 0.5) is 0 Å². The van der Waals surface area contributed by atoms with Crippen molar-refractivity contribution < 1.29 is 0 Å². The molecule has 1 atom stereocenters. The van der Waals surface area contributed by atoms with Crippen molar-refractivity contribution in [2.24, 2.45) is 5.41 Å². The molecule has 0 aliphatic carbocycles. The van der Waals surface area contributed by atoms with Gasteiger partial charge in [-0.3, -0.25) is 0 Å². The Kier molecular flexibility index (Phi) is 2.35. The average molecular weight is 140 g/mol. The van der Waals surface area contributed by atoms with Crippen LogP contribution in [0.3, 0.4) is 0 Å². The van der Waals surface area contributed by atoms with Crippen LogP contribution in [0, 0.1) is 5.41 Å². The van der Waals surface area contributed by atoms with E-state index in [9.17, 15) is 0 Å². The Labute approximate surface area is 64.2 Å². The summed E-state index contributed by atoms with van der Waals surface area (Å²) in [5, 5.41) is 4.60. The lowest BCUT2D eigenvalue weighted by atomic mass is 9.82. The monoisotopic (exact) mass is 140 g/mol. The Balaban J connectivity index is 2.39. The van der Waals surface area contributed by atoms with Crippen LogP contribution in [-0.4, -0.2) is 12.6 Å². The fourth-order valence-electron chi connectivity index (χ4n) is 1.49. The summed E-state index contributed by atoms with van der Waals surface area (Å²) in [5.41, 5.74) is 0.403. The highest BCUT2D eigenvalue weighted by atomic mass is 14.9. The maximum absolute atomic E-state index is 4.60. The third-order valence-corrected chi connectivity index (χ3v) is 2.23. The molecular formula is C9H18N. The second-order valence-electron chi connectivity index (χ2n) is 4.28. The highest BCUT2D eigenvalue weighted by Crippen LogP contribution is 2.26. The van der Waals surface area contributed by atoms with Crippen molar-refractivity contribution in [2.45, 2.75) is 46.1 Å². The van der Waals surface area contributed by atoms with Gasteiger partial charge in [-0.05, 0) is 18.3 Å². The van der Waals surface area contributed by atoms with Gasteiger partial charge in [-0.15, -0.1) is 0 Å². The molecule has 1 fully saturated rings. The van der Waals surface area contributed by atoms with E-state index in [2.05, 4.69) is 26.1 Å². The summed E-state index contributed by atoms with van der Waals surface area (Å²) in [6, 6.07) is 0.626. The normalized spacial score (nSPS) is 28.5. The number of piperidine rings is 1. The van der Waals surface area contributed by atoms with Crippen molar-refractivity contribution in [3.63, 3.8) is 0 Å². The number of rotatable bonds is 0. The van der Waals surface area contributed by atoms with E-state index < -0.39 is 0 Å². The quantitative estimate of drug-likeness (QED) is 0.489. The van der Waals surface area contributed by atoms with E-state index in [1.807, 2.05) is 0 Å². The third-order valence-electron chi connectivity index (χ3n) is 2.23. The zero-order valence-corrected chi connectivity index (χ0v) is 7.35. The van der Waals surface area contributed by atoms with E-state index in [0.29, 0.717) is 11.5 Å². The highest BCUT2D eigenvalue weighted by Gasteiger charge is 2.26. The molecule has 1 radical (unpaired) electrons. The van der Waals surface area contributed by atoms with Crippen molar-refractivity contribution >= 4 is 0 Å². The minimum absolute atomic E-state index is 0.403. The molecule has 1 unspecified atom stereocenters. The van der Waals surface area contributed by atoms with Gasteiger partial charge in [0.05, 0.1) is 0 Å². The standard InChI is InChI=1S/C9H18N/c1-9(2,3)8-6-4-5-7-10-8/h8H,4-7H2,1-3H3. The minimum Gasteiger partial charge on any atom is -0.238 e. The van der Waals surface area contributed by atoms with Crippen LogP contribution in [0.25, 0.3) is 0 Å².